The summed E-state index contributed by atoms with van der Waals surface area (Å²) in [4.78, 5) is 23.3. The van der Waals surface area contributed by atoms with Gasteiger partial charge in [0.25, 0.3) is 0 Å². The van der Waals surface area contributed by atoms with Crippen LogP contribution in [0.5, 0.6) is 0 Å². The Balaban J connectivity index is 4.03. The number of carbonyl (C=O) groups is 1. The smallest absolute Gasteiger partial charge is 0.387 e. The minimum absolute atomic E-state index is 0.0587. The minimum atomic E-state index is -4.35. The summed E-state index contributed by atoms with van der Waals surface area (Å²) < 4.78 is 23.7. The van der Waals surface area contributed by atoms with Gasteiger partial charge in [0, 0.05) is 6.42 Å². The number of amides is 1. The Morgan fingerprint density at radius 2 is 0.786 bits per heavy atom. The fraction of sp³-hybridized carbons (Fsp3) is 0.918. The molecule has 0 saturated heterocycles. The lowest BCUT2D eigenvalue weighted by atomic mass is 10.0. The van der Waals surface area contributed by atoms with Gasteiger partial charge in [-0.15, -0.1) is 0 Å². The molecule has 0 aliphatic heterocycles. The number of carbonyl (C=O) groups excluding carboxylic acids is 1. The van der Waals surface area contributed by atoms with Gasteiger partial charge in [-0.25, -0.2) is 4.57 Å². The van der Waals surface area contributed by atoms with Crippen LogP contribution in [-0.2, 0) is 18.4 Å². The SMILES string of the molecule is CCCCCCCCCCCC/C=C/CC/C=C/C(O)C(COP(=O)(O)OCC[N+](C)(C)C)NC(=O)CCCCCCCCCCCCCCCCCCCCCCCCCCCCCCCCCC. The van der Waals surface area contributed by atoms with Crippen molar-refractivity contribution in [3.63, 3.8) is 0 Å². The zero-order chi connectivity index (χ0) is 51.3. The van der Waals surface area contributed by atoms with E-state index >= 15 is 0 Å². The molecule has 1 amide bonds. The molecule has 0 aliphatic carbocycles. The van der Waals surface area contributed by atoms with Crippen LogP contribution >= 0.6 is 7.82 Å². The molecule has 0 aliphatic rings. The summed E-state index contributed by atoms with van der Waals surface area (Å²) in [6.45, 7) is 4.84. The van der Waals surface area contributed by atoms with Crippen LogP contribution in [0, 0.1) is 0 Å². The molecule has 3 N–H and O–H groups in total. The summed E-state index contributed by atoms with van der Waals surface area (Å²) in [5.41, 5.74) is 0. The summed E-state index contributed by atoms with van der Waals surface area (Å²) in [6, 6.07) is -0.860. The Bertz CT molecular complexity index is 1190. The summed E-state index contributed by atoms with van der Waals surface area (Å²) in [5, 5.41) is 13.9. The van der Waals surface area contributed by atoms with Gasteiger partial charge in [0.1, 0.15) is 13.2 Å². The first-order valence-corrected chi connectivity index (χ1v) is 32.2. The average molecular weight is 1010 g/mol. The molecule has 0 fully saturated rings. The molecule has 0 spiro atoms. The number of phosphoric acid groups is 1. The number of hydrogen-bond acceptors (Lipinski definition) is 5. The lowest BCUT2D eigenvalue weighted by molar-refractivity contribution is -0.870. The second kappa shape index (κ2) is 52.8. The predicted octanol–water partition coefficient (Wildman–Crippen LogP) is 18.8. The van der Waals surface area contributed by atoms with Gasteiger partial charge >= 0.3 is 7.82 Å². The fourth-order valence-electron chi connectivity index (χ4n) is 9.36. The molecule has 0 aromatic heterocycles. The van der Waals surface area contributed by atoms with Crippen molar-refractivity contribution < 1.29 is 32.9 Å². The molecule has 416 valence electrons. The highest BCUT2D eigenvalue weighted by Gasteiger charge is 2.27. The van der Waals surface area contributed by atoms with E-state index in [1.165, 1.54) is 250 Å². The topological polar surface area (TPSA) is 105 Å². The molecule has 0 saturated carbocycles. The predicted molar refractivity (Wildman–Crippen MR) is 305 cm³/mol. The lowest BCUT2D eigenvalue weighted by Crippen LogP contribution is -2.45. The van der Waals surface area contributed by atoms with Crippen molar-refractivity contribution in [3.8, 4) is 0 Å². The van der Waals surface area contributed by atoms with E-state index in [1.807, 2.05) is 27.2 Å². The van der Waals surface area contributed by atoms with Crippen molar-refractivity contribution in [2.75, 3.05) is 40.9 Å². The van der Waals surface area contributed by atoms with Crippen molar-refractivity contribution >= 4 is 13.7 Å². The van der Waals surface area contributed by atoms with Crippen LogP contribution in [0.15, 0.2) is 24.3 Å². The van der Waals surface area contributed by atoms with Crippen LogP contribution in [-0.4, -0.2) is 73.4 Å². The zero-order valence-electron chi connectivity index (χ0n) is 47.5. The number of nitrogens with one attached hydrogen (secondary N) is 1. The molecule has 0 bridgehead atoms. The van der Waals surface area contributed by atoms with Crippen molar-refractivity contribution in [2.45, 2.75) is 321 Å². The molecule has 70 heavy (non-hydrogen) atoms. The van der Waals surface area contributed by atoms with Gasteiger partial charge in [-0.1, -0.05) is 295 Å². The van der Waals surface area contributed by atoms with E-state index in [-0.39, 0.29) is 19.1 Å². The monoisotopic (exact) mass is 1010 g/mol. The van der Waals surface area contributed by atoms with Gasteiger partial charge in [-0.05, 0) is 32.1 Å². The van der Waals surface area contributed by atoms with E-state index in [2.05, 4.69) is 31.3 Å². The number of phosphoric ester groups is 1. The van der Waals surface area contributed by atoms with Crippen LogP contribution in [0.25, 0.3) is 0 Å². The second-order valence-electron chi connectivity index (χ2n) is 22.4. The third-order valence-electron chi connectivity index (χ3n) is 14.2. The zero-order valence-corrected chi connectivity index (χ0v) is 48.4. The Labute approximate surface area is 436 Å². The molecule has 8 nitrogen and oxygen atoms in total. The minimum Gasteiger partial charge on any atom is -0.387 e. The second-order valence-corrected chi connectivity index (χ2v) is 23.9. The molecule has 0 rings (SSSR count). The first-order chi connectivity index (χ1) is 34.0. The summed E-state index contributed by atoms with van der Waals surface area (Å²) in [6.07, 6.45) is 67.4. The maximum atomic E-state index is 13.0. The molecule has 3 atom stereocenters. The third kappa shape index (κ3) is 54.7. The van der Waals surface area contributed by atoms with Crippen LogP contribution in [0.2, 0.25) is 0 Å². The summed E-state index contributed by atoms with van der Waals surface area (Å²) in [7, 11) is 1.57. The van der Waals surface area contributed by atoms with E-state index in [0.29, 0.717) is 17.4 Å². The fourth-order valence-corrected chi connectivity index (χ4v) is 10.1. The Hall–Kier alpha value is -1.02. The number of unbranched alkanes of at least 4 members (excludes halogenated alkanes) is 42. The Morgan fingerprint density at radius 3 is 1.14 bits per heavy atom. The maximum Gasteiger partial charge on any atom is 0.472 e. The first-order valence-electron chi connectivity index (χ1n) is 30.7. The van der Waals surface area contributed by atoms with Crippen LogP contribution in [0.4, 0.5) is 0 Å². The van der Waals surface area contributed by atoms with Gasteiger partial charge in [0.15, 0.2) is 0 Å². The number of likely N-dealkylation sites (N-methyl/N-ethyl adjacent to an activating group) is 1. The maximum absolute atomic E-state index is 13.0. The normalized spacial score (nSPS) is 14.0. The molecule has 3 unspecified atom stereocenters. The number of aliphatic hydroxyl groups is 1. The first kappa shape index (κ1) is 69.0. The van der Waals surface area contributed by atoms with Crippen molar-refractivity contribution in [1.29, 1.82) is 0 Å². The molecule has 0 heterocycles. The summed E-state index contributed by atoms with van der Waals surface area (Å²) >= 11 is 0. The van der Waals surface area contributed by atoms with E-state index in [1.54, 1.807) is 6.08 Å². The third-order valence-corrected chi connectivity index (χ3v) is 15.2. The van der Waals surface area contributed by atoms with E-state index < -0.39 is 20.0 Å². The van der Waals surface area contributed by atoms with Gasteiger partial charge in [0.05, 0.1) is 39.9 Å². The lowest BCUT2D eigenvalue weighted by Gasteiger charge is -2.25. The average Bonchev–Trinajstić information content (AvgIpc) is 3.32. The molecule has 0 aromatic rings. The Kier molecular flexibility index (Phi) is 52.1. The highest BCUT2D eigenvalue weighted by atomic mass is 31.2. The van der Waals surface area contributed by atoms with Crippen molar-refractivity contribution in [2.24, 2.45) is 0 Å². The number of nitrogens with zero attached hydrogens (tertiary/aromatic N) is 1. The number of allylic oxidation sites excluding steroid dienone is 3. The largest absolute Gasteiger partial charge is 0.472 e. The number of hydrogen-bond donors (Lipinski definition) is 3. The quantitative estimate of drug-likeness (QED) is 0.0243. The van der Waals surface area contributed by atoms with Gasteiger partial charge in [-0.2, -0.15) is 0 Å². The number of rotatable bonds is 57. The highest BCUT2D eigenvalue weighted by molar-refractivity contribution is 7.47. The van der Waals surface area contributed by atoms with E-state index in [4.69, 9.17) is 9.05 Å². The molecule has 0 aromatic carbocycles. The summed E-state index contributed by atoms with van der Waals surface area (Å²) in [5.74, 6) is -0.180. The van der Waals surface area contributed by atoms with E-state index in [0.717, 1.165) is 38.5 Å². The molecule has 0 radical (unpaired) electrons. The molecule has 9 heteroatoms. The number of quaternary nitrogens is 1. The van der Waals surface area contributed by atoms with Gasteiger partial charge < -0.3 is 19.8 Å². The van der Waals surface area contributed by atoms with Crippen molar-refractivity contribution in [3.05, 3.63) is 24.3 Å². The van der Waals surface area contributed by atoms with Crippen LogP contribution in [0.1, 0.15) is 309 Å². The standard InChI is InChI=1S/C61H121N2O6P/c1-6-8-10-12-14-16-18-20-22-24-25-26-27-28-29-30-31-32-33-34-35-36-37-38-39-41-43-45-47-49-51-53-55-61(65)62-59(58-69-70(66,67)68-57-56-63(3,4)5)60(64)54-52-50-48-46-44-42-40-23-21-19-17-15-13-11-9-7-2/h44,46,52,54,59-60,64H,6-43,45,47-51,53,55-58H2,1-5H3,(H-,62,65,66,67)/p+1/b46-44+,54-52+. The molecular formula is C61H122N2O6P+. The van der Waals surface area contributed by atoms with Crippen molar-refractivity contribution in [1.82, 2.24) is 5.32 Å². The van der Waals surface area contributed by atoms with Crippen LogP contribution < -0.4 is 5.32 Å². The van der Waals surface area contributed by atoms with E-state index in [9.17, 15) is 19.4 Å². The van der Waals surface area contributed by atoms with Gasteiger partial charge in [0.2, 0.25) is 5.91 Å². The number of aliphatic hydroxyl groups excluding tert-OH is 1. The van der Waals surface area contributed by atoms with Gasteiger partial charge in [-0.3, -0.25) is 13.8 Å². The molecular weight excluding hydrogens is 888 g/mol. The Morgan fingerprint density at radius 1 is 0.471 bits per heavy atom. The van der Waals surface area contributed by atoms with Crippen LogP contribution in [0.3, 0.4) is 0 Å². The highest BCUT2D eigenvalue weighted by Crippen LogP contribution is 2.43.